The van der Waals surface area contributed by atoms with Gasteiger partial charge in [-0.1, -0.05) is 0 Å². The maximum atomic E-state index is 5.47. The van der Waals surface area contributed by atoms with Gasteiger partial charge in [0.1, 0.15) is 5.75 Å². The summed E-state index contributed by atoms with van der Waals surface area (Å²) in [6, 6.07) is 8.72. The lowest BCUT2D eigenvalue weighted by Crippen LogP contribution is -2.53. The number of benzene rings is 1. The third kappa shape index (κ3) is 3.15. The van der Waals surface area contributed by atoms with Crippen molar-refractivity contribution in [1.29, 1.82) is 0 Å². The Morgan fingerprint density at radius 1 is 1.33 bits per heavy atom. The van der Waals surface area contributed by atoms with Crippen molar-refractivity contribution in [2.24, 2.45) is 0 Å². The van der Waals surface area contributed by atoms with Gasteiger partial charge in [0.2, 0.25) is 0 Å². The van der Waals surface area contributed by atoms with Gasteiger partial charge in [0.25, 0.3) is 0 Å². The van der Waals surface area contributed by atoms with E-state index >= 15 is 0 Å². The predicted octanol–water partition coefficient (Wildman–Crippen LogP) is 1.51. The van der Waals surface area contributed by atoms with E-state index in [1.807, 2.05) is 19.1 Å². The first-order valence-electron chi connectivity index (χ1n) is 6.54. The van der Waals surface area contributed by atoms with Crippen molar-refractivity contribution in [2.45, 2.75) is 13.0 Å². The topological polar surface area (TPSA) is 33.7 Å². The van der Waals surface area contributed by atoms with Crippen molar-refractivity contribution in [3.63, 3.8) is 0 Å². The fourth-order valence-electron chi connectivity index (χ4n) is 2.34. The second-order valence-electron chi connectivity index (χ2n) is 4.43. The molecule has 2 rings (SSSR count). The average Bonchev–Trinajstić information content (AvgIpc) is 2.41. The van der Waals surface area contributed by atoms with Crippen LogP contribution in [0.2, 0.25) is 0 Å². The number of ether oxygens (including phenoxy) is 2. The highest BCUT2D eigenvalue weighted by Crippen LogP contribution is 2.22. The highest BCUT2D eigenvalue weighted by molar-refractivity contribution is 5.50. The summed E-state index contributed by atoms with van der Waals surface area (Å²) < 4.78 is 10.8. The van der Waals surface area contributed by atoms with Crippen LogP contribution in [0, 0.1) is 0 Å². The SMILES string of the molecule is CCOc1ccc(N2CCNCC2COC)cc1. The van der Waals surface area contributed by atoms with Crippen LogP contribution in [0.5, 0.6) is 5.75 Å². The summed E-state index contributed by atoms with van der Waals surface area (Å²) in [6.07, 6.45) is 0. The molecule has 0 amide bonds. The molecule has 0 radical (unpaired) electrons. The number of methoxy groups -OCH3 is 1. The van der Waals surface area contributed by atoms with Gasteiger partial charge < -0.3 is 19.7 Å². The van der Waals surface area contributed by atoms with Crippen LogP contribution in [-0.4, -0.2) is 46.0 Å². The Labute approximate surface area is 109 Å². The quantitative estimate of drug-likeness (QED) is 0.859. The van der Waals surface area contributed by atoms with E-state index in [1.54, 1.807) is 7.11 Å². The van der Waals surface area contributed by atoms with Crippen LogP contribution in [0.3, 0.4) is 0 Å². The summed E-state index contributed by atoms with van der Waals surface area (Å²) in [4.78, 5) is 2.40. The van der Waals surface area contributed by atoms with Crippen molar-refractivity contribution in [3.05, 3.63) is 24.3 Å². The maximum absolute atomic E-state index is 5.47. The van der Waals surface area contributed by atoms with Gasteiger partial charge in [-0.2, -0.15) is 0 Å². The third-order valence-corrected chi connectivity index (χ3v) is 3.19. The van der Waals surface area contributed by atoms with Gasteiger partial charge in [-0.3, -0.25) is 0 Å². The van der Waals surface area contributed by atoms with E-state index in [-0.39, 0.29) is 0 Å². The summed E-state index contributed by atoms with van der Waals surface area (Å²) in [6.45, 7) is 6.47. The molecular weight excluding hydrogens is 228 g/mol. The zero-order valence-corrected chi connectivity index (χ0v) is 11.2. The van der Waals surface area contributed by atoms with Crippen molar-refractivity contribution in [2.75, 3.05) is 44.9 Å². The highest BCUT2D eigenvalue weighted by Gasteiger charge is 2.22. The Kier molecular flexibility index (Phi) is 4.84. The highest BCUT2D eigenvalue weighted by atomic mass is 16.5. The molecule has 0 saturated carbocycles. The van der Waals surface area contributed by atoms with Gasteiger partial charge in [0, 0.05) is 32.4 Å². The molecule has 0 bridgehead atoms. The lowest BCUT2D eigenvalue weighted by Gasteiger charge is -2.37. The summed E-state index contributed by atoms with van der Waals surface area (Å²) in [7, 11) is 1.75. The molecule has 1 heterocycles. The van der Waals surface area contributed by atoms with Crippen LogP contribution in [0.25, 0.3) is 0 Å². The summed E-state index contributed by atoms with van der Waals surface area (Å²) in [5.74, 6) is 0.930. The molecule has 4 nitrogen and oxygen atoms in total. The smallest absolute Gasteiger partial charge is 0.119 e. The fourth-order valence-corrected chi connectivity index (χ4v) is 2.34. The largest absolute Gasteiger partial charge is 0.494 e. The van der Waals surface area contributed by atoms with Crippen molar-refractivity contribution >= 4 is 5.69 Å². The molecule has 1 aliphatic heterocycles. The summed E-state index contributed by atoms with van der Waals surface area (Å²) >= 11 is 0. The number of nitrogens with one attached hydrogen (secondary N) is 1. The Morgan fingerprint density at radius 3 is 2.78 bits per heavy atom. The molecule has 1 N–H and O–H groups in total. The molecule has 0 aromatic heterocycles. The maximum Gasteiger partial charge on any atom is 0.119 e. The lowest BCUT2D eigenvalue weighted by molar-refractivity contribution is 0.170. The molecule has 1 unspecified atom stereocenters. The molecule has 4 heteroatoms. The van der Waals surface area contributed by atoms with Crippen LogP contribution >= 0.6 is 0 Å². The Balaban J connectivity index is 2.07. The van der Waals surface area contributed by atoms with Gasteiger partial charge in [0.15, 0.2) is 0 Å². The van der Waals surface area contributed by atoms with Crippen LogP contribution in [-0.2, 0) is 4.74 Å². The first kappa shape index (κ1) is 13.2. The molecule has 1 aliphatic rings. The molecule has 1 fully saturated rings. The predicted molar refractivity (Wildman–Crippen MR) is 73.5 cm³/mol. The van der Waals surface area contributed by atoms with Crippen molar-refractivity contribution in [3.8, 4) is 5.75 Å². The number of hydrogen-bond donors (Lipinski definition) is 1. The normalized spacial score (nSPS) is 19.9. The standard InChI is InChI=1S/C14H22N2O2/c1-3-18-14-6-4-12(5-7-14)16-9-8-15-10-13(16)11-17-2/h4-7,13,15H,3,8-11H2,1-2H3. The van der Waals surface area contributed by atoms with Gasteiger partial charge in [-0.05, 0) is 31.2 Å². The Morgan fingerprint density at radius 2 is 2.11 bits per heavy atom. The molecule has 0 aliphatic carbocycles. The first-order valence-corrected chi connectivity index (χ1v) is 6.54. The van der Waals surface area contributed by atoms with E-state index in [0.29, 0.717) is 12.6 Å². The molecule has 1 atom stereocenters. The van der Waals surface area contributed by atoms with E-state index in [2.05, 4.69) is 22.3 Å². The second-order valence-corrected chi connectivity index (χ2v) is 4.43. The fraction of sp³-hybridized carbons (Fsp3) is 0.571. The Bertz CT molecular complexity index is 351. The van der Waals surface area contributed by atoms with Gasteiger partial charge in [-0.15, -0.1) is 0 Å². The first-order chi connectivity index (χ1) is 8.85. The monoisotopic (exact) mass is 250 g/mol. The minimum atomic E-state index is 0.404. The van der Waals surface area contributed by atoms with Crippen LogP contribution < -0.4 is 15.0 Å². The number of piperazine rings is 1. The summed E-state index contributed by atoms with van der Waals surface area (Å²) in [5.41, 5.74) is 1.24. The van der Waals surface area contributed by atoms with Crippen LogP contribution in [0.15, 0.2) is 24.3 Å². The number of anilines is 1. The number of hydrogen-bond acceptors (Lipinski definition) is 4. The number of nitrogens with zero attached hydrogens (tertiary/aromatic N) is 1. The van der Waals surface area contributed by atoms with Gasteiger partial charge in [-0.25, -0.2) is 0 Å². The molecule has 1 aromatic rings. The van der Waals surface area contributed by atoms with E-state index in [4.69, 9.17) is 9.47 Å². The summed E-state index contributed by atoms with van der Waals surface area (Å²) in [5, 5.41) is 3.40. The molecule has 18 heavy (non-hydrogen) atoms. The zero-order chi connectivity index (χ0) is 12.8. The van der Waals surface area contributed by atoms with E-state index in [1.165, 1.54) is 5.69 Å². The Hall–Kier alpha value is -1.26. The lowest BCUT2D eigenvalue weighted by atomic mass is 10.1. The zero-order valence-electron chi connectivity index (χ0n) is 11.2. The molecule has 100 valence electrons. The third-order valence-electron chi connectivity index (χ3n) is 3.19. The van der Waals surface area contributed by atoms with E-state index in [0.717, 1.165) is 32.0 Å². The van der Waals surface area contributed by atoms with Crippen molar-refractivity contribution < 1.29 is 9.47 Å². The minimum absolute atomic E-state index is 0.404. The van der Waals surface area contributed by atoms with Gasteiger partial charge >= 0.3 is 0 Å². The number of rotatable bonds is 5. The second kappa shape index (κ2) is 6.61. The van der Waals surface area contributed by atoms with Crippen LogP contribution in [0.1, 0.15) is 6.92 Å². The van der Waals surface area contributed by atoms with Gasteiger partial charge in [0.05, 0.1) is 19.3 Å². The van der Waals surface area contributed by atoms with E-state index < -0.39 is 0 Å². The van der Waals surface area contributed by atoms with Crippen LogP contribution in [0.4, 0.5) is 5.69 Å². The van der Waals surface area contributed by atoms with E-state index in [9.17, 15) is 0 Å². The molecule has 1 saturated heterocycles. The average molecular weight is 250 g/mol. The minimum Gasteiger partial charge on any atom is -0.494 e. The molecular formula is C14H22N2O2. The van der Waals surface area contributed by atoms with Crippen molar-refractivity contribution in [1.82, 2.24) is 5.32 Å². The molecule has 1 aromatic carbocycles. The molecule has 0 spiro atoms.